The number of carbonyl (C=O) groups is 1. The largest absolute Gasteiger partial charge is 0.344 e. The minimum absolute atomic E-state index is 0.166. The molecule has 1 aromatic heterocycles. The first-order valence-electron chi connectivity index (χ1n) is 10.1. The van der Waals surface area contributed by atoms with Crippen LogP contribution in [0.15, 0.2) is 42.5 Å². The van der Waals surface area contributed by atoms with E-state index in [0.717, 1.165) is 54.6 Å². The van der Waals surface area contributed by atoms with Crippen molar-refractivity contribution in [3.8, 4) is 5.69 Å². The van der Waals surface area contributed by atoms with E-state index in [9.17, 15) is 4.79 Å². The number of halogens is 3. The molecule has 7 heteroatoms. The number of nitrogens with zero attached hydrogens (tertiary/aromatic N) is 2. The van der Waals surface area contributed by atoms with Crippen molar-refractivity contribution in [3.63, 3.8) is 0 Å². The van der Waals surface area contributed by atoms with Crippen LogP contribution in [0.2, 0.25) is 15.1 Å². The van der Waals surface area contributed by atoms with Crippen LogP contribution in [-0.2, 0) is 12.8 Å². The Balaban J connectivity index is 1.69. The SMILES string of the molecule is CC(NC(=O)c1nn(-c2ccc(Cl)cc2Cl)c2c1CCCCC2)c1ccc(Cl)cc1. The second kappa shape index (κ2) is 9.01. The van der Waals surface area contributed by atoms with Gasteiger partial charge in [-0.2, -0.15) is 5.10 Å². The summed E-state index contributed by atoms with van der Waals surface area (Å²) in [7, 11) is 0. The van der Waals surface area contributed by atoms with Crippen LogP contribution in [0, 0.1) is 0 Å². The van der Waals surface area contributed by atoms with Gasteiger partial charge in [-0.25, -0.2) is 4.68 Å². The van der Waals surface area contributed by atoms with Gasteiger partial charge < -0.3 is 5.32 Å². The molecule has 0 saturated heterocycles. The monoisotopic (exact) mass is 461 g/mol. The van der Waals surface area contributed by atoms with Crippen LogP contribution >= 0.6 is 34.8 Å². The lowest BCUT2D eigenvalue weighted by Gasteiger charge is -2.14. The number of benzene rings is 2. The number of nitrogens with one attached hydrogen (secondary N) is 1. The van der Waals surface area contributed by atoms with Crippen molar-refractivity contribution < 1.29 is 4.79 Å². The van der Waals surface area contributed by atoms with E-state index in [1.54, 1.807) is 12.1 Å². The van der Waals surface area contributed by atoms with Gasteiger partial charge in [-0.15, -0.1) is 0 Å². The van der Waals surface area contributed by atoms with Gasteiger partial charge in [0.05, 0.1) is 16.8 Å². The third-order valence-corrected chi connectivity index (χ3v) is 6.29. The fraction of sp³-hybridized carbons (Fsp3) is 0.304. The average molecular weight is 463 g/mol. The molecule has 0 spiro atoms. The molecule has 3 aromatic rings. The van der Waals surface area contributed by atoms with E-state index in [4.69, 9.17) is 39.9 Å². The third kappa shape index (κ3) is 4.36. The van der Waals surface area contributed by atoms with Gasteiger partial charge in [0.25, 0.3) is 5.91 Å². The Hall–Kier alpha value is -2.01. The molecule has 1 aliphatic carbocycles. The minimum Gasteiger partial charge on any atom is -0.344 e. The molecule has 4 rings (SSSR count). The molecular formula is C23H22Cl3N3O. The third-order valence-electron chi connectivity index (χ3n) is 5.50. The summed E-state index contributed by atoms with van der Waals surface area (Å²) in [4.78, 5) is 13.2. The normalized spacial score (nSPS) is 14.7. The zero-order valence-corrected chi connectivity index (χ0v) is 18.9. The van der Waals surface area contributed by atoms with Crippen LogP contribution in [0.25, 0.3) is 5.69 Å². The molecule has 30 heavy (non-hydrogen) atoms. The van der Waals surface area contributed by atoms with Crippen molar-refractivity contribution in [2.24, 2.45) is 0 Å². The highest BCUT2D eigenvalue weighted by molar-refractivity contribution is 6.35. The molecule has 1 heterocycles. The minimum atomic E-state index is -0.181. The van der Waals surface area contributed by atoms with Gasteiger partial charge in [0.1, 0.15) is 0 Å². The van der Waals surface area contributed by atoms with Crippen molar-refractivity contribution in [2.45, 2.75) is 45.1 Å². The van der Waals surface area contributed by atoms with Crippen molar-refractivity contribution in [1.82, 2.24) is 15.1 Å². The molecule has 1 unspecified atom stereocenters. The van der Waals surface area contributed by atoms with Gasteiger partial charge in [-0.3, -0.25) is 4.79 Å². The second-order valence-electron chi connectivity index (χ2n) is 7.59. The molecule has 4 nitrogen and oxygen atoms in total. The van der Waals surface area contributed by atoms with E-state index < -0.39 is 0 Å². The highest BCUT2D eigenvalue weighted by atomic mass is 35.5. The number of hydrogen-bond acceptors (Lipinski definition) is 2. The van der Waals surface area contributed by atoms with E-state index in [1.165, 1.54) is 0 Å². The Bertz CT molecular complexity index is 1080. The Morgan fingerprint density at radius 3 is 2.43 bits per heavy atom. The van der Waals surface area contributed by atoms with Crippen LogP contribution in [-0.4, -0.2) is 15.7 Å². The van der Waals surface area contributed by atoms with Gasteiger partial charge in [0.15, 0.2) is 5.69 Å². The van der Waals surface area contributed by atoms with Crippen LogP contribution in [0.1, 0.15) is 59.5 Å². The van der Waals surface area contributed by atoms with E-state index in [-0.39, 0.29) is 11.9 Å². The maximum absolute atomic E-state index is 13.2. The fourth-order valence-electron chi connectivity index (χ4n) is 3.91. The maximum atomic E-state index is 13.2. The standard InChI is InChI=1S/C23H22Cl3N3O/c1-14(15-7-9-16(24)10-8-15)27-23(30)22-18-5-3-2-4-6-20(18)29(28-22)21-12-11-17(25)13-19(21)26/h7-14H,2-6H2,1H3,(H,27,30). The van der Waals surface area contributed by atoms with E-state index in [0.29, 0.717) is 20.8 Å². The molecule has 156 valence electrons. The van der Waals surface area contributed by atoms with Crippen LogP contribution < -0.4 is 5.32 Å². The van der Waals surface area contributed by atoms with Crippen LogP contribution in [0.5, 0.6) is 0 Å². The molecule has 1 aliphatic rings. The molecular weight excluding hydrogens is 441 g/mol. The Kier molecular flexibility index (Phi) is 6.37. The van der Waals surface area contributed by atoms with Crippen LogP contribution in [0.3, 0.4) is 0 Å². The highest BCUT2D eigenvalue weighted by Crippen LogP contribution is 2.31. The zero-order valence-electron chi connectivity index (χ0n) is 16.6. The van der Waals surface area contributed by atoms with Gasteiger partial charge in [-0.05, 0) is 68.5 Å². The molecule has 0 saturated carbocycles. The van der Waals surface area contributed by atoms with Gasteiger partial charge in [-0.1, -0.05) is 53.4 Å². The summed E-state index contributed by atoms with van der Waals surface area (Å²) in [6.45, 7) is 1.95. The second-order valence-corrected chi connectivity index (χ2v) is 8.87. The van der Waals surface area contributed by atoms with E-state index in [1.807, 2.05) is 41.9 Å². The Labute approximate surface area is 191 Å². The molecule has 1 atom stereocenters. The molecule has 0 radical (unpaired) electrons. The predicted octanol–water partition coefficient (Wildman–Crippen LogP) is 6.59. The smallest absolute Gasteiger partial charge is 0.272 e. The molecule has 1 amide bonds. The Morgan fingerprint density at radius 1 is 1.00 bits per heavy atom. The van der Waals surface area contributed by atoms with Crippen LogP contribution in [0.4, 0.5) is 0 Å². The van der Waals surface area contributed by atoms with Crippen molar-refractivity contribution in [3.05, 3.63) is 80.0 Å². The maximum Gasteiger partial charge on any atom is 0.272 e. The lowest BCUT2D eigenvalue weighted by atomic mass is 10.1. The van der Waals surface area contributed by atoms with Gasteiger partial charge in [0, 0.05) is 21.3 Å². The lowest BCUT2D eigenvalue weighted by Crippen LogP contribution is -2.28. The average Bonchev–Trinajstić information content (AvgIpc) is 2.90. The highest BCUT2D eigenvalue weighted by Gasteiger charge is 2.26. The first-order chi connectivity index (χ1) is 14.4. The number of carbonyl (C=O) groups excluding carboxylic acids is 1. The molecule has 0 fully saturated rings. The molecule has 1 N–H and O–H groups in total. The number of rotatable bonds is 4. The van der Waals surface area contributed by atoms with Crippen molar-refractivity contribution in [2.75, 3.05) is 0 Å². The number of amides is 1. The topological polar surface area (TPSA) is 46.9 Å². The number of aromatic nitrogens is 2. The van der Waals surface area contributed by atoms with Gasteiger partial charge >= 0.3 is 0 Å². The molecule has 0 aliphatic heterocycles. The van der Waals surface area contributed by atoms with E-state index >= 15 is 0 Å². The van der Waals surface area contributed by atoms with Crippen molar-refractivity contribution >= 4 is 40.7 Å². The summed E-state index contributed by atoms with van der Waals surface area (Å²) in [6, 6.07) is 12.6. The van der Waals surface area contributed by atoms with Gasteiger partial charge in [0.2, 0.25) is 0 Å². The quantitative estimate of drug-likeness (QED) is 0.444. The zero-order chi connectivity index (χ0) is 21.3. The van der Waals surface area contributed by atoms with E-state index in [2.05, 4.69) is 5.32 Å². The van der Waals surface area contributed by atoms with Crippen molar-refractivity contribution in [1.29, 1.82) is 0 Å². The summed E-state index contributed by atoms with van der Waals surface area (Å²) < 4.78 is 1.82. The molecule has 0 bridgehead atoms. The summed E-state index contributed by atoms with van der Waals surface area (Å²) in [5.74, 6) is -0.181. The summed E-state index contributed by atoms with van der Waals surface area (Å²) in [5.41, 5.74) is 4.27. The summed E-state index contributed by atoms with van der Waals surface area (Å²) in [6.07, 6.45) is 4.93. The first kappa shape index (κ1) is 21.2. The Morgan fingerprint density at radius 2 is 1.70 bits per heavy atom. The fourth-order valence-corrected chi connectivity index (χ4v) is 4.52. The summed E-state index contributed by atoms with van der Waals surface area (Å²) >= 11 is 18.5. The lowest BCUT2D eigenvalue weighted by molar-refractivity contribution is 0.0933. The molecule has 2 aromatic carbocycles. The first-order valence-corrected chi connectivity index (χ1v) is 11.2. The number of hydrogen-bond donors (Lipinski definition) is 1. The number of fused-ring (bicyclic) bond motifs is 1. The summed E-state index contributed by atoms with van der Waals surface area (Å²) in [5, 5.41) is 9.54. The predicted molar refractivity (Wildman–Crippen MR) is 122 cm³/mol.